The summed E-state index contributed by atoms with van der Waals surface area (Å²) in [6.07, 6.45) is 1.36. The zero-order chi connectivity index (χ0) is 23.1. The van der Waals surface area contributed by atoms with Crippen LogP contribution in [0.25, 0.3) is 0 Å². The molecule has 0 aromatic heterocycles. The molecule has 0 spiro atoms. The molecular formula is C25H30F2N2O3. The summed E-state index contributed by atoms with van der Waals surface area (Å²) >= 11 is 0. The van der Waals surface area contributed by atoms with Gasteiger partial charge in [-0.3, -0.25) is 4.79 Å². The van der Waals surface area contributed by atoms with Crippen LogP contribution in [0.15, 0.2) is 48.5 Å². The Morgan fingerprint density at radius 2 is 1.75 bits per heavy atom. The van der Waals surface area contributed by atoms with Crippen molar-refractivity contribution < 1.29 is 23.1 Å². The Balaban J connectivity index is 1.82. The predicted octanol–water partition coefficient (Wildman–Crippen LogP) is 5.31. The number of benzene rings is 2. The van der Waals surface area contributed by atoms with Crippen molar-refractivity contribution >= 4 is 12.0 Å². The molecule has 1 aliphatic heterocycles. The fourth-order valence-electron chi connectivity index (χ4n) is 4.25. The van der Waals surface area contributed by atoms with Gasteiger partial charge >= 0.3 is 6.09 Å². The van der Waals surface area contributed by atoms with E-state index < -0.39 is 0 Å². The van der Waals surface area contributed by atoms with E-state index in [4.69, 9.17) is 4.74 Å². The molecule has 32 heavy (non-hydrogen) atoms. The Kier molecular flexibility index (Phi) is 8.20. The lowest BCUT2D eigenvalue weighted by molar-refractivity contribution is -0.140. The highest BCUT2D eigenvalue weighted by molar-refractivity contribution is 5.80. The van der Waals surface area contributed by atoms with Crippen molar-refractivity contribution in [3.63, 3.8) is 0 Å². The average molecular weight is 445 g/mol. The lowest BCUT2D eigenvalue weighted by Gasteiger charge is -2.37. The van der Waals surface area contributed by atoms with Crippen LogP contribution in [0.2, 0.25) is 0 Å². The Morgan fingerprint density at radius 3 is 2.34 bits per heavy atom. The van der Waals surface area contributed by atoms with Gasteiger partial charge in [0.25, 0.3) is 0 Å². The number of amides is 2. The van der Waals surface area contributed by atoms with Crippen LogP contribution in [0.4, 0.5) is 13.6 Å². The molecule has 1 fully saturated rings. The maximum Gasteiger partial charge on any atom is 0.409 e. The van der Waals surface area contributed by atoms with Gasteiger partial charge in [0.2, 0.25) is 5.91 Å². The number of likely N-dealkylation sites (tertiary alicyclic amines) is 1. The lowest BCUT2D eigenvalue weighted by Crippen LogP contribution is -2.45. The predicted molar refractivity (Wildman–Crippen MR) is 118 cm³/mol. The van der Waals surface area contributed by atoms with E-state index in [1.807, 2.05) is 6.92 Å². The third-order valence-electron chi connectivity index (χ3n) is 5.91. The molecule has 1 aliphatic rings. The third kappa shape index (κ3) is 5.84. The first kappa shape index (κ1) is 23.7. The van der Waals surface area contributed by atoms with Crippen molar-refractivity contribution in [1.29, 1.82) is 0 Å². The van der Waals surface area contributed by atoms with Crippen molar-refractivity contribution in [3.05, 3.63) is 71.3 Å². The second-order valence-electron chi connectivity index (χ2n) is 8.03. The van der Waals surface area contributed by atoms with E-state index in [0.717, 1.165) is 5.56 Å². The quantitative estimate of drug-likeness (QED) is 0.581. The van der Waals surface area contributed by atoms with Gasteiger partial charge in [-0.05, 0) is 61.6 Å². The number of nitrogens with zero attached hydrogens (tertiary/aromatic N) is 2. The summed E-state index contributed by atoms with van der Waals surface area (Å²) in [6.45, 7) is 5.22. The number of hydrogen-bond donors (Lipinski definition) is 0. The molecule has 7 heteroatoms. The lowest BCUT2D eigenvalue weighted by atomic mass is 9.93. The van der Waals surface area contributed by atoms with Crippen LogP contribution in [0.1, 0.15) is 50.3 Å². The first-order valence-electron chi connectivity index (χ1n) is 11.1. The molecular weight excluding hydrogens is 414 g/mol. The summed E-state index contributed by atoms with van der Waals surface area (Å²) in [7, 11) is 0. The second kappa shape index (κ2) is 11.1. The van der Waals surface area contributed by atoms with E-state index in [-0.39, 0.29) is 42.1 Å². The molecule has 0 saturated carbocycles. The van der Waals surface area contributed by atoms with Gasteiger partial charge < -0.3 is 14.5 Å². The highest BCUT2D eigenvalue weighted by Gasteiger charge is 2.33. The van der Waals surface area contributed by atoms with Gasteiger partial charge in [0.15, 0.2) is 0 Å². The third-order valence-corrected chi connectivity index (χ3v) is 5.91. The van der Waals surface area contributed by atoms with E-state index in [2.05, 4.69) is 0 Å². The van der Waals surface area contributed by atoms with E-state index >= 15 is 0 Å². The van der Waals surface area contributed by atoms with E-state index in [9.17, 15) is 18.4 Å². The molecule has 1 saturated heterocycles. The van der Waals surface area contributed by atoms with E-state index in [1.54, 1.807) is 41.0 Å². The number of carbonyl (C=O) groups excluding carboxylic acids is 2. The van der Waals surface area contributed by atoms with Crippen molar-refractivity contribution in [2.75, 3.05) is 19.7 Å². The van der Waals surface area contributed by atoms with Crippen molar-refractivity contribution in [2.45, 2.75) is 45.7 Å². The fraction of sp³-hybridized carbons (Fsp3) is 0.440. The normalized spacial score (nSPS) is 15.3. The number of halogens is 2. The molecule has 0 unspecified atom stereocenters. The summed E-state index contributed by atoms with van der Waals surface area (Å²) in [5.74, 6) is -0.969. The van der Waals surface area contributed by atoms with Gasteiger partial charge in [-0.25, -0.2) is 13.6 Å². The monoisotopic (exact) mass is 444 g/mol. The number of piperidine rings is 1. The molecule has 1 atom stereocenters. The molecule has 0 bridgehead atoms. The van der Waals surface area contributed by atoms with Crippen LogP contribution < -0.4 is 0 Å². The van der Waals surface area contributed by atoms with Crippen LogP contribution in [0.3, 0.4) is 0 Å². The van der Waals surface area contributed by atoms with Crippen LogP contribution in [0.5, 0.6) is 0 Å². The van der Waals surface area contributed by atoms with Gasteiger partial charge in [-0.2, -0.15) is 0 Å². The highest BCUT2D eigenvalue weighted by atomic mass is 19.1. The topological polar surface area (TPSA) is 49.9 Å². The summed E-state index contributed by atoms with van der Waals surface area (Å²) in [6, 6.07) is 12.1. The minimum Gasteiger partial charge on any atom is -0.450 e. The van der Waals surface area contributed by atoms with Crippen LogP contribution in [-0.2, 0) is 16.1 Å². The fourth-order valence-corrected chi connectivity index (χ4v) is 4.25. The molecule has 3 rings (SSSR count). The molecule has 172 valence electrons. The maximum absolute atomic E-state index is 13.8. The van der Waals surface area contributed by atoms with Gasteiger partial charge in [-0.15, -0.1) is 0 Å². The Bertz CT molecular complexity index is 912. The molecule has 5 nitrogen and oxygen atoms in total. The maximum atomic E-state index is 13.8. The average Bonchev–Trinajstić information content (AvgIpc) is 2.80. The van der Waals surface area contributed by atoms with Gasteiger partial charge in [-0.1, -0.05) is 31.2 Å². The zero-order valence-electron chi connectivity index (χ0n) is 18.6. The number of carbonyl (C=O) groups is 2. The van der Waals surface area contributed by atoms with Crippen molar-refractivity contribution in [3.8, 4) is 0 Å². The Labute approximate surface area is 188 Å². The molecule has 2 aromatic carbocycles. The second-order valence-corrected chi connectivity index (χ2v) is 8.03. The van der Waals surface area contributed by atoms with Crippen LogP contribution in [-0.4, -0.2) is 41.5 Å². The minimum absolute atomic E-state index is 0.0334. The minimum atomic E-state index is -0.354. The van der Waals surface area contributed by atoms with Gasteiger partial charge in [0.1, 0.15) is 11.6 Å². The van der Waals surface area contributed by atoms with E-state index in [0.29, 0.717) is 44.5 Å². The van der Waals surface area contributed by atoms with Gasteiger partial charge in [0.05, 0.1) is 12.6 Å². The smallest absolute Gasteiger partial charge is 0.409 e. The molecule has 2 amide bonds. The zero-order valence-corrected chi connectivity index (χ0v) is 18.6. The van der Waals surface area contributed by atoms with Gasteiger partial charge in [0, 0.05) is 25.6 Å². The Morgan fingerprint density at radius 1 is 1.06 bits per heavy atom. The van der Waals surface area contributed by atoms with E-state index in [1.165, 1.54) is 24.3 Å². The number of rotatable bonds is 7. The summed E-state index contributed by atoms with van der Waals surface area (Å²) in [5, 5.41) is 0. The molecule has 0 aliphatic carbocycles. The molecule has 2 aromatic rings. The molecule has 0 radical (unpaired) electrons. The SMILES string of the molecule is CCOC(=O)N1CCC(C(=O)N(Cc2cccc(F)c2)[C@H](CC)c2ccc(F)cc2)CC1. The first-order chi connectivity index (χ1) is 15.4. The number of hydrogen-bond acceptors (Lipinski definition) is 3. The van der Waals surface area contributed by atoms with Crippen LogP contribution in [0, 0.1) is 17.6 Å². The summed E-state index contributed by atoms with van der Waals surface area (Å²) in [5.41, 5.74) is 1.53. The molecule has 0 N–H and O–H groups in total. The Hall–Kier alpha value is -2.96. The highest BCUT2D eigenvalue weighted by Crippen LogP contribution is 2.31. The first-order valence-corrected chi connectivity index (χ1v) is 11.1. The standard InChI is InChI=1S/C25H30F2N2O3/c1-3-23(19-8-10-21(26)11-9-19)29(17-18-6-5-7-22(27)16-18)24(30)20-12-14-28(15-13-20)25(31)32-4-2/h5-11,16,20,23H,3-4,12-15,17H2,1-2H3/t23-/m1/s1. The van der Waals surface area contributed by atoms with Crippen molar-refractivity contribution in [2.24, 2.45) is 5.92 Å². The number of ether oxygens (including phenoxy) is 1. The summed E-state index contributed by atoms with van der Waals surface area (Å²) < 4.78 is 32.4. The summed E-state index contributed by atoms with van der Waals surface area (Å²) in [4.78, 5) is 29.0. The van der Waals surface area contributed by atoms with Crippen molar-refractivity contribution in [1.82, 2.24) is 9.80 Å². The molecule has 1 heterocycles. The largest absolute Gasteiger partial charge is 0.450 e. The van der Waals surface area contributed by atoms with Crippen LogP contribution >= 0.6 is 0 Å².